The van der Waals surface area contributed by atoms with Crippen LogP contribution in [0.4, 0.5) is 0 Å². The topological polar surface area (TPSA) is 76.8 Å². The van der Waals surface area contributed by atoms with Gasteiger partial charge in [-0.05, 0) is 38.0 Å². The SMILES string of the molecule is Cc1cncc([C@H]2CCCN2C(=O)c2cccc(-n3cnnc3)c2)n1. The number of amides is 1. The molecule has 0 radical (unpaired) electrons. The van der Waals surface area contributed by atoms with Crippen LogP contribution in [0.1, 0.15) is 40.6 Å². The van der Waals surface area contributed by atoms with E-state index in [9.17, 15) is 4.79 Å². The Morgan fingerprint density at radius 2 is 2.04 bits per heavy atom. The van der Waals surface area contributed by atoms with Crippen molar-refractivity contribution in [3.63, 3.8) is 0 Å². The molecule has 2 aromatic heterocycles. The highest BCUT2D eigenvalue weighted by atomic mass is 16.2. The Morgan fingerprint density at radius 1 is 1.20 bits per heavy atom. The van der Waals surface area contributed by atoms with Crippen molar-refractivity contribution < 1.29 is 4.79 Å². The molecule has 1 aromatic carbocycles. The first-order chi connectivity index (χ1) is 12.2. The second-order valence-corrected chi connectivity index (χ2v) is 6.16. The van der Waals surface area contributed by atoms with Gasteiger partial charge in [-0.2, -0.15) is 0 Å². The molecule has 3 aromatic rings. The maximum Gasteiger partial charge on any atom is 0.254 e. The summed E-state index contributed by atoms with van der Waals surface area (Å²) in [5, 5.41) is 7.63. The summed E-state index contributed by atoms with van der Waals surface area (Å²) in [5.74, 6) is 0.0146. The molecule has 0 unspecified atom stereocenters. The summed E-state index contributed by atoms with van der Waals surface area (Å²) >= 11 is 0. The molecule has 1 atom stereocenters. The van der Waals surface area contributed by atoms with Gasteiger partial charge in [-0.3, -0.25) is 19.3 Å². The number of aromatic nitrogens is 5. The lowest BCUT2D eigenvalue weighted by atomic mass is 10.1. The van der Waals surface area contributed by atoms with Gasteiger partial charge in [0.15, 0.2) is 0 Å². The largest absolute Gasteiger partial charge is 0.330 e. The molecule has 0 N–H and O–H groups in total. The van der Waals surface area contributed by atoms with Crippen molar-refractivity contribution in [2.75, 3.05) is 6.54 Å². The molecular weight excluding hydrogens is 316 g/mol. The van der Waals surface area contributed by atoms with E-state index in [0.29, 0.717) is 5.56 Å². The Kier molecular flexibility index (Phi) is 3.97. The fourth-order valence-corrected chi connectivity index (χ4v) is 3.26. The molecule has 1 aliphatic heterocycles. The molecule has 1 fully saturated rings. The normalized spacial score (nSPS) is 17.0. The highest BCUT2D eigenvalue weighted by molar-refractivity contribution is 5.95. The number of nitrogens with zero attached hydrogens (tertiary/aromatic N) is 6. The molecule has 4 rings (SSSR count). The van der Waals surface area contributed by atoms with Crippen molar-refractivity contribution >= 4 is 5.91 Å². The monoisotopic (exact) mass is 334 g/mol. The van der Waals surface area contributed by atoms with Gasteiger partial charge in [0.05, 0.1) is 23.6 Å². The summed E-state index contributed by atoms with van der Waals surface area (Å²) in [4.78, 5) is 23.8. The molecule has 0 aliphatic carbocycles. The van der Waals surface area contributed by atoms with Crippen LogP contribution in [0.25, 0.3) is 5.69 Å². The Balaban J connectivity index is 1.63. The third-order valence-corrected chi connectivity index (χ3v) is 4.44. The lowest BCUT2D eigenvalue weighted by molar-refractivity contribution is 0.0732. The minimum Gasteiger partial charge on any atom is -0.330 e. The minimum absolute atomic E-state index is 0.0146. The van der Waals surface area contributed by atoms with Crippen LogP contribution in [0, 0.1) is 6.92 Å². The molecule has 7 heteroatoms. The van der Waals surface area contributed by atoms with Crippen molar-refractivity contribution in [1.29, 1.82) is 0 Å². The van der Waals surface area contributed by atoms with E-state index in [-0.39, 0.29) is 11.9 Å². The predicted octanol–water partition coefficient (Wildman–Crippen LogP) is 2.34. The van der Waals surface area contributed by atoms with Crippen LogP contribution in [0.5, 0.6) is 0 Å². The summed E-state index contributed by atoms with van der Waals surface area (Å²) < 4.78 is 1.78. The Labute approximate surface area is 145 Å². The number of rotatable bonds is 3. The molecule has 0 spiro atoms. The van der Waals surface area contributed by atoms with E-state index in [0.717, 1.165) is 36.5 Å². The van der Waals surface area contributed by atoms with E-state index < -0.39 is 0 Å². The van der Waals surface area contributed by atoms with Gasteiger partial charge < -0.3 is 4.90 Å². The van der Waals surface area contributed by atoms with E-state index in [2.05, 4.69) is 20.2 Å². The first-order valence-electron chi connectivity index (χ1n) is 8.27. The van der Waals surface area contributed by atoms with Crippen molar-refractivity contribution in [2.24, 2.45) is 0 Å². The summed E-state index contributed by atoms with van der Waals surface area (Å²) in [7, 11) is 0. The number of likely N-dealkylation sites (tertiary alicyclic amines) is 1. The zero-order valence-electron chi connectivity index (χ0n) is 13.9. The van der Waals surface area contributed by atoms with Gasteiger partial charge >= 0.3 is 0 Å². The van der Waals surface area contributed by atoms with Crippen LogP contribution < -0.4 is 0 Å². The van der Waals surface area contributed by atoms with Gasteiger partial charge in [0.2, 0.25) is 0 Å². The highest BCUT2D eigenvalue weighted by Gasteiger charge is 2.31. The Morgan fingerprint density at radius 3 is 2.84 bits per heavy atom. The van der Waals surface area contributed by atoms with E-state index in [1.807, 2.05) is 36.1 Å². The summed E-state index contributed by atoms with van der Waals surface area (Å²) in [5.41, 5.74) is 3.24. The smallest absolute Gasteiger partial charge is 0.254 e. The van der Waals surface area contributed by atoms with Gasteiger partial charge in [0, 0.05) is 24.0 Å². The molecule has 0 bridgehead atoms. The lowest BCUT2D eigenvalue weighted by Crippen LogP contribution is -2.31. The molecule has 25 heavy (non-hydrogen) atoms. The number of benzene rings is 1. The highest BCUT2D eigenvalue weighted by Crippen LogP contribution is 2.32. The second kappa shape index (κ2) is 6.43. The third kappa shape index (κ3) is 3.00. The molecule has 1 saturated heterocycles. The fourth-order valence-electron chi connectivity index (χ4n) is 3.26. The number of carbonyl (C=O) groups excluding carboxylic acids is 1. The number of aryl methyl sites for hydroxylation is 1. The molecule has 1 amide bonds. The quantitative estimate of drug-likeness (QED) is 0.735. The Hall–Kier alpha value is -3.09. The van der Waals surface area contributed by atoms with E-state index in [1.54, 1.807) is 29.6 Å². The zero-order valence-corrected chi connectivity index (χ0v) is 13.9. The van der Waals surface area contributed by atoms with Gasteiger partial charge in [-0.25, -0.2) is 0 Å². The van der Waals surface area contributed by atoms with Crippen molar-refractivity contribution in [3.05, 3.63) is 66.3 Å². The van der Waals surface area contributed by atoms with Gasteiger partial charge in [0.1, 0.15) is 12.7 Å². The van der Waals surface area contributed by atoms with Crippen LogP contribution in [-0.4, -0.2) is 42.1 Å². The average molecular weight is 334 g/mol. The molecule has 3 heterocycles. The first-order valence-corrected chi connectivity index (χ1v) is 8.27. The van der Waals surface area contributed by atoms with Crippen molar-refractivity contribution in [1.82, 2.24) is 29.6 Å². The minimum atomic E-state index is -0.0153. The lowest BCUT2D eigenvalue weighted by Gasteiger charge is -2.24. The van der Waals surface area contributed by atoms with Crippen LogP contribution in [-0.2, 0) is 0 Å². The standard InChI is InChI=1S/C18H18N6O/c1-13-9-19-10-16(22-13)17-6-3-7-24(17)18(25)14-4-2-5-15(8-14)23-11-20-21-12-23/h2,4-5,8-12,17H,3,6-7H2,1H3/t17-/m1/s1. The van der Waals surface area contributed by atoms with Crippen molar-refractivity contribution in [3.8, 4) is 5.69 Å². The first kappa shape index (κ1) is 15.4. The second-order valence-electron chi connectivity index (χ2n) is 6.16. The van der Waals surface area contributed by atoms with Crippen LogP contribution in [0.15, 0.2) is 49.3 Å². The molecule has 1 aliphatic rings. The number of hydrogen-bond acceptors (Lipinski definition) is 5. The maximum absolute atomic E-state index is 13.1. The third-order valence-electron chi connectivity index (χ3n) is 4.44. The summed E-state index contributed by atoms with van der Waals surface area (Å²) in [6.07, 6.45) is 8.60. The number of hydrogen-bond donors (Lipinski definition) is 0. The molecule has 0 saturated carbocycles. The van der Waals surface area contributed by atoms with Crippen LogP contribution >= 0.6 is 0 Å². The molecule has 7 nitrogen and oxygen atoms in total. The fraction of sp³-hybridized carbons (Fsp3) is 0.278. The van der Waals surface area contributed by atoms with E-state index in [4.69, 9.17) is 0 Å². The molecular formula is C18H18N6O. The number of carbonyl (C=O) groups is 1. The zero-order chi connectivity index (χ0) is 17.2. The Bertz CT molecular complexity index is 892. The maximum atomic E-state index is 13.1. The van der Waals surface area contributed by atoms with E-state index >= 15 is 0 Å². The summed E-state index contributed by atoms with van der Waals surface area (Å²) in [6, 6.07) is 7.49. The average Bonchev–Trinajstić information content (AvgIpc) is 3.33. The van der Waals surface area contributed by atoms with E-state index in [1.165, 1.54) is 0 Å². The van der Waals surface area contributed by atoms with Crippen molar-refractivity contribution in [2.45, 2.75) is 25.8 Å². The van der Waals surface area contributed by atoms with Gasteiger partial charge in [-0.15, -0.1) is 10.2 Å². The van der Waals surface area contributed by atoms with Crippen LogP contribution in [0.2, 0.25) is 0 Å². The predicted molar refractivity (Wildman–Crippen MR) is 91.1 cm³/mol. The van der Waals surface area contributed by atoms with Gasteiger partial charge in [0.25, 0.3) is 5.91 Å². The van der Waals surface area contributed by atoms with Crippen LogP contribution in [0.3, 0.4) is 0 Å². The van der Waals surface area contributed by atoms with Gasteiger partial charge in [-0.1, -0.05) is 6.07 Å². The molecule has 126 valence electrons. The summed E-state index contributed by atoms with van der Waals surface area (Å²) in [6.45, 7) is 2.65.